The average Bonchev–Trinajstić information content (AvgIpc) is 3.50. The van der Waals surface area contributed by atoms with Crippen LogP contribution in [0.3, 0.4) is 0 Å². The fourth-order valence-electron chi connectivity index (χ4n) is 4.36. The maximum atomic E-state index is 11.8. The third-order valence-electron chi connectivity index (χ3n) is 6.43. The topological polar surface area (TPSA) is 164 Å². The number of carboxylic acid groups (broad SMARTS) is 1. The number of aromatic carboxylic acids is 1. The first-order chi connectivity index (χ1) is 19.2. The van der Waals surface area contributed by atoms with E-state index in [1.807, 2.05) is 4.57 Å². The van der Waals surface area contributed by atoms with Crippen molar-refractivity contribution in [3.05, 3.63) is 46.7 Å². The van der Waals surface area contributed by atoms with Gasteiger partial charge >= 0.3 is 5.97 Å². The van der Waals surface area contributed by atoms with Crippen molar-refractivity contribution in [2.75, 3.05) is 56.3 Å². The minimum absolute atomic E-state index is 0.146. The summed E-state index contributed by atoms with van der Waals surface area (Å²) in [4.78, 5) is 32.4. The minimum Gasteiger partial charge on any atom is -0.477 e. The molecule has 1 saturated heterocycles. The van der Waals surface area contributed by atoms with E-state index in [1.54, 1.807) is 37.5 Å². The van der Waals surface area contributed by atoms with Crippen LogP contribution in [-0.2, 0) is 21.1 Å². The third kappa shape index (κ3) is 6.55. The van der Waals surface area contributed by atoms with Crippen LogP contribution in [0.5, 0.6) is 0 Å². The number of anilines is 3. The molecule has 212 valence electrons. The summed E-state index contributed by atoms with van der Waals surface area (Å²) >= 11 is 1.01. The predicted octanol–water partition coefficient (Wildman–Crippen LogP) is 2.62. The first kappa shape index (κ1) is 27.9. The molecule has 15 heteroatoms. The maximum Gasteiger partial charge on any atom is 0.347 e. The molecule has 4 aromatic rings. The number of hydrogen-bond donors (Lipinski definition) is 3. The van der Waals surface area contributed by atoms with E-state index in [-0.39, 0.29) is 15.7 Å². The molecule has 0 atom stereocenters. The second-order valence-corrected chi connectivity index (χ2v) is 12.5. The molecule has 1 aliphatic heterocycles. The molecule has 5 rings (SSSR count). The fraction of sp³-hybridized carbons (Fsp3) is 0.400. The molecule has 40 heavy (non-hydrogen) atoms. The highest BCUT2D eigenvalue weighted by molar-refractivity contribution is 7.90. The second-order valence-electron chi connectivity index (χ2n) is 9.45. The lowest BCUT2D eigenvalue weighted by Gasteiger charge is -2.26. The van der Waals surface area contributed by atoms with Crippen molar-refractivity contribution in [3.8, 4) is 0 Å². The lowest BCUT2D eigenvalue weighted by molar-refractivity contribution is 0.0378. The Morgan fingerprint density at radius 1 is 1.15 bits per heavy atom. The van der Waals surface area contributed by atoms with E-state index in [4.69, 9.17) is 4.74 Å². The van der Waals surface area contributed by atoms with Gasteiger partial charge in [-0.05, 0) is 37.6 Å². The normalized spacial score (nSPS) is 14.4. The number of carbonyl (C=O) groups is 1. The van der Waals surface area contributed by atoms with Crippen LogP contribution in [-0.4, -0.2) is 94.5 Å². The zero-order valence-electron chi connectivity index (χ0n) is 22.1. The molecule has 0 radical (unpaired) electrons. The van der Waals surface area contributed by atoms with E-state index in [2.05, 4.69) is 35.5 Å². The van der Waals surface area contributed by atoms with Gasteiger partial charge in [0.2, 0.25) is 5.95 Å². The van der Waals surface area contributed by atoms with Crippen LogP contribution in [0, 0.1) is 6.92 Å². The van der Waals surface area contributed by atoms with Crippen LogP contribution in [0.4, 0.5) is 16.9 Å². The van der Waals surface area contributed by atoms with Crippen LogP contribution < -0.4 is 10.6 Å². The van der Waals surface area contributed by atoms with Crippen LogP contribution in [0.1, 0.15) is 27.3 Å². The van der Waals surface area contributed by atoms with Crippen molar-refractivity contribution in [1.29, 1.82) is 0 Å². The van der Waals surface area contributed by atoms with Gasteiger partial charge in [0.05, 0.1) is 36.7 Å². The van der Waals surface area contributed by atoms with Gasteiger partial charge in [-0.1, -0.05) is 23.5 Å². The van der Waals surface area contributed by atoms with Gasteiger partial charge in [-0.3, -0.25) is 10.2 Å². The van der Waals surface area contributed by atoms with E-state index in [1.165, 1.54) is 6.26 Å². The molecule has 1 fully saturated rings. The number of aryl methyl sites for hydroxylation is 1. The molecule has 3 aromatic heterocycles. The summed E-state index contributed by atoms with van der Waals surface area (Å²) in [6.07, 6.45) is 3.74. The molecule has 0 aliphatic carbocycles. The van der Waals surface area contributed by atoms with Gasteiger partial charge in [-0.15, -0.1) is 0 Å². The number of hydrogen-bond acceptors (Lipinski definition) is 12. The molecule has 0 saturated carbocycles. The number of nitrogens with one attached hydrogen (secondary N) is 2. The number of carboxylic acids is 1. The van der Waals surface area contributed by atoms with Gasteiger partial charge in [-0.2, -0.15) is 9.97 Å². The van der Waals surface area contributed by atoms with E-state index < -0.39 is 15.8 Å². The van der Waals surface area contributed by atoms with Crippen molar-refractivity contribution in [3.63, 3.8) is 0 Å². The summed E-state index contributed by atoms with van der Waals surface area (Å²) in [5, 5.41) is 16.2. The number of benzene rings is 1. The van der Waals surface area contributed by atoms with Crippen molar-refractivity contribution in [1.82, 2.24) is 29.4 Å². The molecular weight excluding hydrogens is 556 g/mol. The molecule has 0 bridgehead atoms. The first-order valence-electron chi connectivity index (χ1n) is 12.7. The van der Waals surface area contributed by atoms with Crippen LogP contribution >= 0.6 is 11.3 Å². The molecule has 4 heterocycles. The summed E-state index contributed by atoms with van der Waals surface area (Å²) in [7, 11) is -3.29. The molecule has 1 aliphatic rings. The minimum atomic E-state index is -3.29. The summed E-state index contributed by atoms with van der Waals surface area (Å²) in [6, 6.07) is 6.69. The number of thiazole rings is 1. The Labute approximate surface area is 235 Å². The summed E-state index contributed by atoms with van der Waals surface area (Å²) in [5.74, 6) is -0.238. The van der Waals surface area contributed by atoms with Gasteiger partial charge in [0.25, 0.3) is 0 Å². The highest BCUT2D eigenvalue weighted by Gasteiger charge is 2.18. The second kappa shape index (κ2) is 11.8. The third-order valence-corrected chi connectivity index (χ3v) is 8.61. The Bertz CT molecular complexity index is 1610. The van der Waals surface area contributed by atoms with Gasteiger partial charge in [-0.25, -0.2) is 23.2 Å². The lowest BCUT2D eigenvalue weighted by Crippen LogP contribution is -2.37. The number of nitrogens with zero attached hydrogens (tertiary/aromatic N) is 6. The number of ether oxygens (including phenoxy) is 1. The average molecular weight is 587 g/mol. The Kier molecular flexibility index (Phi) is 8.25. The Morgan fingerprint density at radius 3 is 2.58 bits per heavy atom. The van der Waals surface area contributed by atoms with E-state index in [9.17, 15) is 18.3 Å². The quantitative estimate of drug-likeness (QED) is 0.220. The highest BCUT2D eigenvalue weighted by atomic mass is 32.2. The van der Waals surface area contributed by atoms with E-state index in [0.717, 1.165) is 56.2 Å². The Morgan fingerprint density at radius 2 is 1.90 bits per heavy atom. The van der Waals surface area contributed by atoms with E-state index in [0.29, 0.717) is 40.9 Å². The van der Waals surface area contributed by atoms with Crippen molar-refractivity contribution < 1.29 is 23.1 Å². The highest BCUT2D eigenvalue weighted by Crippen LogP contribution is 2.27. The fourth-order valence-corrected chi connectivity index (χ4v) is 5.79. The van der Waals surface area contributed by atoms with Gasteiger partial charge < -0.3 is 19.7 Å². The number of imidazole rings is 1. The van der Waals surface area contributed by atoms with E-state index >= 15 is 0 Å². The number of aromatic nitrogens is 5. The summed E-state index contributed by atoms with van der Waals surface area (Å²) < 4.78 is 30.9. The maximum absolute atomic E-state index is 11.8. The largest absolute Gasteiger partial charge is 0.477 e. The van der Waals surface area contributed by atoms with Crippen LogP contribution in [0.15, 0.2) is 35.5 Å². The molecular formula is C25H30N8O5S2. The molecule has 0 amide bonds. The summed E-state index contributed by atoms with van der Waals surface area (Å²) in [6.45, 7) is 7.01. The lowest BCUT2D eigenvalue weighted by atomic mass is 10.2. The van der Waals surface area contributed by atoms with Crippen molar-refractivity contribution >= 4 is 55.2 Å². The van der Waals surface area contributed by atoms with Crippen LogP contribution in [0.2, 0.25) is 0 Å². The molecule has 13 nitrogen and oxygen atoms in total. The molecule has 0 spiro atoms. The zero-order valence-corrected chi connectivity index (χ0v) is 23.8. The smallest absolute Gasteiger partial charge is 0.347 e. The van der Waals surface area contributed by atoms with Gasteiger partial charge in [0.15, 0.2) is 32.0 Å². The van der Waals surface area contributed by atoms with Gasteiger partial charge in [0, 0.05) is 25.9 Å². The number of morpholine rings is 1. The monoisotopic (exact) mass is 586 g/mol. The standard InChI is InChI=1S/C25H30N8O5S2/c1-16-20(23(34)35)39-25(28-16)31-24-29-21(26-8-3-9-32-10-12-38-13-11-32)19-22(30-24)33(15-27-19)14-17-4-6-18(7-5-17)40(2,36)37/h4-7,15H,3,8-14H2,1-2H3,(H,34,35)(H2,26,28,29,30,31). The van der Waals surface area contributed by atoms with Crippen LogP contribution in [0.25, 0.3) is 11.2 Å². The van der Waals surface area contributed by atoms with Crippen molar-refractivity contribution in [2.45, 2.75) is 24.8 Å². The predicted molar refractivity (Wildman–Crippen MR) is 151 cm³/mol. The molecule has 0 unspecified atom stereocenters. The number of fused-ring (bicyclic) bond motifs is 1. The number of rotatable bonds is 11. The SMILES string of the molecule is Cc1nc(Nc2nc(NCCCN3CCOCC3)c3ncn(Cc4ccc(S(C)(=O)=O)cc4)c3n2)sc1C(=O)O. The zero-order chi connectivity index (χ0) is 28.3. The molecule has 3 N–H and O–H groups in total. The summed E-state index contributed by atoms with van der Waals surface area (Å²) in [5.41, 5.74) is 2.44. The number of sulfone groups is 1. The first-order valence-corrected chi connectivity index (χ1v) is 15.4. The Hall–Kier alpha value is -3.66. The van der Waals surface area contributed by atoms with Crippen molar-refractivity contribution in [2.24, 2.45) is 0 Å². The molecule has 1 aromatic carbocycles. The van der Waals surface area contributed by atoms with Gasteiger partial charge in [0.1, 0.15) is 4.88 Å². The Balaban J connectivity index is 1.40.